The summed E-state index contributed by atoms with van der Waals surface area (Å²) < 4.78 is 5.37. The Bertz CT molecular complexity index is 548. The Balaban J connectivity index is 1.66. The number of nitrogens with one attached hydrogen (secondary N) is 1. The number of aromatic amines is 1. The lowest BCUT2D eigenvalue weighted by molar-refractivity contribution is 0.279. The summed E-state index contributed by atoms with van der Waals surface area (Å²) in [5.41, 5.74) is 6.86. The van der Waals surface area contributed by atoms with Gasteiger partial charge in [-0.1, -0.05) is 5.16 Å². The van der Waals surface area contributed by atoms with Crippen LogP contribution < -0.4 is 5.73 Å². The van der Waals surface area contributed by atoms with Crippen molar-refractivity contribution in [3.63, 3.8) is 0 Å². The normalized spacial score (nSPS) is 34.3. The Labute approximate surface area is 103 Å². The van der Waals surface area contributed by atoms with Crippen molar-refractivity contribution in [2.24, 2.45) is 17.6 Å². The summed E-state index contributed by atoms with van der Waals surface area (Å²) in [5, 5.41) is 14.2. The third-order valence-electron chi connectivity index (χ3n) is 4.35. The van der Waals surface area contributed by atoms with Gasteiger partial charge in [0.2, 0.25) is 11.7 Å². The lowest BCUT2D eigenvalue weighted by Gasteiger charge is -2.24. The summed E-state index contributed by atoms with van der Waals surface area (Å²) in [4.78, 5) is 4.42. The average molecular weight is 246 g/mol. The monoisotopic (exact) mass is 246 g/mol. The Morgan fingerprint density at radius 2 is 2.22 bits per heavy atom. The second-order valence-electron chi connectivity index (χ2n) is 5.25. The van der Waals surface area contributed by atoms with E-state index in [4.69, 9.17) is 10.3 Å². The molecule has 2 saturated carbocycles. The van der Waals surface area contributed by atoms with Crippen LogP contribution in [0, 0.1) is 11.8 Å². The first kappa shape index (κ1) is 10.2. The van der Waals surface area contributed by atoms with Gasteiger partial charge in [-0.05, 0) is 31.1 Å². The minimum Gasteiger partial charge on any atom is -0.339 e. The van der Waals surface area contributed by atoms with Crippen LogP contribution in [-0.2, 0) is 0 Å². The second kappa shape index (κ2) is 3.61. The molecule has 0 aromatic carbocycles. The summed E-state index contributed by atoms with van der Waals surface area (Å²) >= 11 is 0. The molecule has 2 aliphatic carbocycles. The fraction of sp³-hybridized carbons (Fsp3) is 0.636. The summed E-state index contributed by atoms with van der Waals surface area (Å²) in [6, 6.07) is 0.161. The Kier molecular flexibility index (Phi) is 2.05. The molecule has 18 heavy (non-hydrogen) atoms. The lowest BCUT2D eigenvalue weighted by atomic mass is 9.85. The minimum atomic E-state index is 0.161. The molecule has 2 bridgehead atoms. The molecule has 2 aromatic heterocycles. The summed E-state index contributed by atoms with van der Waals surface area (Å²) in [6.45, 7) is 0. The van der Waals surface area contributed by atoms with E-state index in [9.17, 15) is 0 Å². The van der Waals surface area contributed by atoms with Crippen molar-refractivity contribution < 1.29 is 4.52 Å². The highest BCUT2D eigenvalue weighted by Crippen LogP contribution is 2.51. The third kappa shape index (κ3) is 1.34. The van der Waals surface area contributed by atoms with Crippen molar-refractivity contribution >= 4 is 0 Å². The van der Waals surface area contributed by atoms with E-state index in [0.29, 0.717) is 29.2 Å². The maximum absolute atomic E-state index is 6.26. The molecule has 2 aromatic rings. The molecule has 2 aliphatic rings. The zero-order chi connectivity index (χ0) is 12.1. The molecule has 3 N–H and O–H groups in total. The number of fused-ring (bicyclic) bond motifs is 2. The van der Waals surface area contributed by atoms with E-state index in [1.807, 2.05) is 0 Å². The molecule has 4 unspecified atom stereocenters. The maximum Gasteiger partial charge on any atom is 0.231 e. The highest BCUT2D eigenvalue weighted by atomic mass is 16.5. The average Bonchev–Trinajstić information content (AvgIpc) is 3.13. The van der Waals surface area contributed by atoms with E-state index in [1.54, 1.807) is 6.20 Å². The number of H-pyrrole nitrogens is 1. The second-order valence-corrected chi connectivity index (χ2v) is 5.25. The molecule has 7 nitrogen and oxygen atoms in total. The largest absolute Gasteiger partial charge is 0.339 e. The number of hydrogen-bond acceptors (Lipinski definition) is 6. The van der Waals surface area contributed by atoms with Gasteiger partial charge in [0, 0.05) is 6.04 Å². The van der Waals surface area contributed by atoms with E-state index < -0.39 is 0 Å². The highest BCUT2D eigenvalue weighted by molar-refractivity contribution is 5.45. The van der Waals surface area contributed by atoms with Gasteiger partial charge in [-0.15, -0.1) is 0 Å². The maximum atomic E-state index is 6.26. The van der Waals surface area contributed by atoms with Gasteiger partial charge in [-0.3, -0.25) is 0 Å². The van der Waals surface area contributed by atoms with E-state index >= 15 is 0 Å². The first-order chi connectivity index (χ1) is 8.83. The van der Waals surface area contributed by atoms with E-state index in [1.165, 1.54) is 19.3 Å². The van der Waals surface area contributed by atoms with Crippen LogP contribution in [-0.4, -0.2) is 31.6 Å². The molecule has 2 heterocycles. The SMILES string of the molecule is NC1C2CCC(C2)C1c1nc(-c2cn[nH]n2)no1. The van der Waals surface area contributed by atoms with Gasteiger partial charge in [0.25, 0.3) is 0 Å². The van der Waals surface area contributed by atoms with E-state index in [0.717, 1.165) is 0 Å². The smallest absolute Gasteiger partial charge is 0.231 e. The van der Waals surface area contributed by atoms with Crippen molar-refractivity contribution in [1.82, 2.24) is 25.6 Å². The van der Waals surface area contributed by atoms with Crippen molar-refractivity contribution in [3.05, 3.63) is 12.1 Å². The van der Waals surface area contributed by atoms with E-state index in [2.05, 4.69) is 25.6 Å². The molecule has 0 aliphatic heterocycles. The topological polar surface area (TPSA) is 107 Å². The zero-order valence-electron chi connectivity index (χ0n) is 9.78. The van der Waals surface area contributed by atoms with E-state index in [-0.39, 0.29) is 12.0 Å². The third-order valence-corrected chi connectivity index (χ3v) is 4.35. The predicted molar refractivity (Wildman–Crippen MR) is 61.2 cm³/mol. The van der Waals surface area contributed by atoms with Crippen LogP contribution in [0.3, 0.4) is 0 Å². The number of nitrogens with zero attached hydrogens (tertiary/aromatic N) is 4. The summed E-state index contributed by atoms with van der Waals surface area (Å²) in [6.07, 6.45) is 5.25. The molecule has 4 atom stereocenters. The molecule has 4 rings (SSSR count). The van der Waals surface area contributed by atoms with Gasteiger partial charge in [0.15, 0.2) is 5.69 Å². The Morgan fingerprint density at radius 3 is 2.94 bits per heavy atom. The standard InChI is InChI=1S/C11H14N6O/c12-9-6-2-1-5(3-6)8(9)11-14-10(16-18-11)7-4-13-17-15-7/h4-6,8-9H,1-3,12H2,(H,13,15,17). The molecule has 0 amide bonds. The molecule has 0 spiro atoms. The Morgan fingerprint density at radius 1 is 1.33 bits per heavy atom. The first-order valence-corrected chi connectivity index (χ1v) is 6.28. The van der Waals surface area contributed by atoms with Crippen LogP contribution >= 0.6 is 0 Å². The van der Waals surface area contributed by atoms with Gasteiger partial charge in [-0.25, -0.2) is 0 Å². The number of aromatic nitrogens is 5. The van der Waals surface area contributed by atoms with Crippen molar-refractivity contribution in [1.29, 1.82) is 0 Å². The zero-order valence-corrected chi connectivity index (χ0v) is 9.78. The molecule has 2 fully saturated rings. The van der Waals surface area contributed by atoms with Gasteiger partial charge >= 0.3 is 0 Å². The van der Waals surface area contributed by atoms with Crippen LogP contribution in [0.1, 0.15) is 31.1 Å². The van der Waals surface area contributed by atoms with Crippen LogP contribution in [0.2, 0.25) is 0 Å². The van der Waals surface area contributed by atoms with Crippen molar-refractivity contribution in [3.8, 4) is 11.5 Å². The summed E-state index contributed by atoms with van der Waals surface area (Å²) in [7, 11) is 0. The van der Waals surface area contributed by atoms with Crippen LogP contribution in [0.15, 0.2) is 10.7 Å². The molecule has 0 radical (unpaired) electrons. The predicted octanol–water partition coefficient (Wildman–Crippen LogP) is 0.695. The van der Waals surface area contributed by atoms with Crippen LogP contribution in [0.4, 0.5) is 0 Å². The van der Waals surface area contributed by atoms with Gasteiger partial charge in [0.1, 0.15) is 0 Å². The van der Waals surface area contributed by atoms with Crippen molar-refractivity contribution in [2.45, 2.75) is 31.2 Å². The van der Waals surface area contributed by atoms with Crippen LogP contribution in [0.25, 0.3) is 11.5 Å². The van der Waals surface area contributed by atoms with Gasteiger partial charge < -0.3 is 10.3 Å². The van der Waals surface area contributed by atoms with Crippen molar-refractivity contribution in [2.75, 3.05) is 0 Å². The fourth-order valence-electron chi connectivity index (χ4n) is 3.49. The molecule has 94 valence electrons. The fourth-order valence-corrected chi connectivity index (χ4v) is 3.49. The number of nitrogens with two attached hydrogens (primary N) is 1. The highest BCUT2D eigenvalue weighted by Gasteiger charge is 2.48. The van der Waals surface area contributed by atoms with Gasteiger partial charge in [-0.2, -0.15) is 20.4 Å². The number of hydrogen-bond donors (Lipinski definition) is 2. The summed E-state index contributed by atoms with van der Waals surface area (Å²) in [5.74, 6) is 2.59. The Hall–Kier alpha value is -1.76. The molecule has 7 heteroatoms. The molecular formula is C11H14N6O. The van der Waals surface area contributed by atoms with Crippen LogP contribution in [0.5, 0.6) is 0 Å². The minimum absolute atomic E-state index is 0.161. The number of rotatable bonds is 2. The van der Waals surface area contributed by atoms with Gasteiger partial charge in [0.05, 0.1) is 12.1 Å². The lowest BCUT2D eigenvalue weighted by Crippen LogP contribution is -2.34. The molecule has 0 saturated heterocycles. The first-order valence-electron chi connectivity index (χ1n) is 6.28. The molecular weight excluding hydrogens is 232 g/mol. The quantitative estimate of drug-likeness (QED) is 0.807.